The van der Waals surface area contributed by atoms with E-state index in [1.165, 1.54) is 18.2 Å². The molecule has 0 spiro atoms. The van der Waals surface area contributed by atoms with E-state index >= 15 is 0 Å². The summed E-state index contributed by atoms with van der Waals surface area (Å²) in [6.07, 6.45) is 0.00950. The number of phenolic OH excluding ortho intramolecular Hbond substituents is 2. The molecule has 162 valence electrons. The molecule has 31 heavy (non-hydrogen) atoms. The van der Waals surface area contributed by atoms with Crippen LogP contribution in [0.2, 0.25) is 0 Å². The van der Waals surface area contributed by atoms with Gasteiger partial charge in [0.05, 0.1) is 11.8 Å². The minimum Gasteiger partial charge on any atom is -0.504 e. The molecule has 3 rings (SSSR count). The van der Waals surface area contributed by atoms with E-state index in [4.69, 9.17) is 9.79 Å². The molecule has 1 aromatic heterocycles. The van der Waals surface area contributed by atoms with Gasteiger partial charge in [0.25, 0.3) is 10.0 Å². The van der Waals surface area contributed by atoms with Crippen molar-refractivity contribution in [3.63, 3.8) is 0 Å². The van der Waals surface area contributed by atoms with Crippen molar-refractivity contribution >= 4 is 29.0 Å². The van der Waals surface area contributed by atoms with E-state index in [0.717, 1.165) is 35.7 Å². The number of rotatable bonds is 7. The summed E-state index contributed by atoms with van der Waals surface area (Å²) >= 11 is 0.721. The molecule has 2 aromatic carbocycles. The Morgan fingerprint density at radius 2 is 1.97 bits per heavy atom. The molecule has 4 N–H and O–H groups in total. The van der Waals surface area contributed by atoms with Gasteiger partial charge >= 0.3 is 7.60 Å². The molecule has 14 heteroatoms. The van der Waals surface area contributed by atoms with Crippen molar-refractivity contribution in [1.82, 2.24) is 9.71 Å². The summed E-state index contributed by atoms with van der Waals surface area (Å²) in [4.78, 5) is 13.8. The Morgan fingerprint density at radius 1 is 1.23 bits per heavy atom. The second-order valence-corrected chi connectivity index (χ2v) is 10.8. The van der Waals surface area contributed by atoms with Gasteiger partial charge in [-0.15, -0.1) is 11.3 Å². The van der Waals surface area contributed by atoms with Crippen LogP contribution in [0.4, 0.5) is 4.39 Å². The Hall–Kier alpha value is -3.01. The minimum atomic E-state index is -4.55. The smallest absolute Gasteiger partial charge is 0.391 e. The number of benzene rings is 2. The third-order valence-electron chi connectivity index (χ3n) is 3.74. The highest BCUT2D eigenvalue weighted by Crippen LogP contribution is 2.42. The zero-order valence-corrected chi connectivity index (χ0v) is 17.8. The van der Waals surface area contributed by atoms with E-state index in [-0.39, 0.29) is 26.3 Å². The first kappa shape index (κ1) is 22.7. The zero-order chi connectivity index (χ0) is 22.8. The fraction of sp³-hybridized carbons (Fsp3) is 0.0588. The summed E-state index contributed by atoms with van der Waals surface area (Å²) in [7, 11) is -8.80. The molecular formula is C17H13FN3O7PS2. The SMILES string of the molecule is N#Cc1ccc(OP(=O)(O)CNS(=O)(=O)c2cnc(-c3ccc(O)c(O)c3)s2)cc1F. The average Bonchev–Trinajstić information content (AvgIpc) is 3.20. The minimum absolute atomic E-state index is 0.215. The fourth-order valence-corrected chi connectivity index (χ4v) is 5.92. The molecule has 3 aromatic rings. The molecule has 1 unspecified atom stereocenters. The molecule has 0 saturated carbocycles. The first-order valence-electron chi connectivity index (χ1n) is 8.20. The van der Waals surface area contributed by atoms with E-state index in [9.17, 15) is 32.5 Å². The molecule has 0 fully saturated rings. The van der Waals surface area contributed by atoms with Crippen molar-refractivity contribution in [3.05, 3.63) is 54.0 Å². The molecule has 0 radical (unpaired) electrons. The third kappa shape index (κ3) is 5.38. The number of sulfonamides is 1. The topological polar surface area (TPSA) is 170 Å². The highest BCUT2D eigenvalue weighted by Gasteiger charge is 2.27. The summed E-state index contributed by atoms with van der Waals surface area (Å²) in [6.45, 7) is 0. The zero-order valence-electron chi connectivity index (χ0n) is 15.3. The fourth-order valence-electron chi connectivity index (χ4n) is 2.25. The Morgan fingerprint density at radius 3 is 2.61 bits per heavy atom. The maximum absolute atomic E-state index is 13.6. The van der Waals surface area contributed by atoms with Gasteiger partial charge in [-0.2, -0.15) is 9.98 Å². The van der Waals surface area contributed by atoms with Crippen LogP contribution in [-0.2, 0) is 14.6 Å². The van der Waals surface area contributed by atoms with Crippen LogP contribution in [0.25, 0.3) is 10.6 Å². The highest BCUT2D eigenvalue weighted by molar-refractivity contribution is 7.92. The van der Waals surface area contributed by atoms with Crippen LogP contribution in [0, 0.1) is 17.1 Å². The Balaban J connectivity index is 1.71. The van der Waals surface area contributed by atoms with E-state index in [0.29, 0.717) is 5.56 Å². The Bertz CT molecular complexity index is 1340. The van der Waals surface area contributed by atoms with Crippen LogP contribution in [0.5, 0.6) is 17.2 Å². The quantitative estimate of drug-likeness (QED) is 0.290. The predicted molar refractivity (Wildman–Crippen MR) is 108 cm³/mol. The van der Waals surface area contributed by atoms with E-state index in [1.807, 2.05) is 4.72 Å². The first-order chi connectivity index (χ1) is 14.5. The van der Waals surface area contributed by atoms with Crippen molar-refractivity contribution in [2.75, 3.05) is 6.29 Å². The molecule has 0 aliphatic heterocycles. The Kier molecular flexibility index (Phi) is 6.30. The summed E-state index contributed by atoms with van der Waals surface area (Å²) in [5.41, 5.74) is 0.0597. The van der Waals surface area contributed by atoms with Crippen molar-refractivity contribution in [3.8, 4) is 33.9 Å². The van der Waals surface area contributed by atoms with Crippen molar-refractivity contribution in [2.24, 2.45) is 0 Å². The van der Waals surface area contributed by atoms with Crippen molar-refractivity contribution < 1.29 is 37.0 Å². The lowest BCUT2D eigenvalue weighted by molar-refractivity contribution is 0.377. The van der Waals surface area contributed by atoms with Gasteiger partial charge in [0.2, 0.25) is 0 Å². The summed E-state index contributed by atoms with van der Waals surface area (Å²) in [5, 5.41) is 27.8. The van der Waals surface area contributed by atoms with Gasteiger partial charge in [-0.25, -0.2) is 22.4 Å². The van der Waals surface area contributed by atoms with Gasteiger partial charge in [0.1, 0.15) is 28.9 Å². The normalized spacial score (nSPS) is 13.3. The first-order valence-corrected chi connectivity index (χ1v) is 12.3. The predicted octanol–water partition coefficient (Wildman–Crippen LogP) is 2.73. The van der Waals surface area contributed by atoms with Crippen LogP contribution < -0.4 is 9.25 Å². The molecule has 0 saturated heterocycles. The molecule has 0 aliphatic rings. The number of hydrogen-bond donors (Lipinski definition) is 4. The van der Waals surface area contributed by atoms with Crippen LogP contribution in [0.15, 0.2) is 46.8 Å². The van der Waals surface area contributed by atoms with Gasteiger partial charge in [0.15, 0.2) is 15.7 Å². The Labute approximate surface area is 179 Å². The molecule has 0 amide bonds. The van der Waals surface area contributed by atoms with Gasteiger partial charge in [-0.3, -0.25) is 0 Å². The second kappa shape index (κ2) is 8.62. The van der Waals surface area contributed by atoms with Gasteiger partial charge in [-0.1, -0.05) is 0 Å². The van der Waals surface area contributed by atoms with Crippen LogP contribution >= 0.6 is 18.9 Å². The van der Waals surface area contributed by atoms with E-state index in [2.05, 4.69) is 4.98 Å². The lowest BCUT2D eigenvalue weighted by atomic mass is 10.2. The monoisotopic (exact) mass is 485 g/mol. The standard InChI is InChI=1S/C17H13FN3O7PS2/c18-13-6-12(3-1-11(13)7-19)28-29(24,25)9-21-31(26,27)16-8-20-17(30-16)10-2-4-14(22)15(23)5-10/h1-6,8,21-23H,9H2,(H,24,25). The summed E-state index contributed by atoms with van der Waals surface area (Å²) in [6, 6.07) is 8.30. The number of nitrogens with one attached hydrogen (secondary N) is 1. The van der Waals surface area contributed by atoms with Gasteiger partial charge in [0, 0.05) is 11.6 Å². The van der Waals surface area contributed by atoms with Gasteiger partial charge < -0.3 is 19.6 Å². The van der Waals surface area contributed by atoms with Crippen molar-refractivity contribution in [1.29, 1.82) is 5.26 Å². The molecule has 1 heterocycles. The molecule has 0 bridgehead atoms. The molecule has 1 atom stereocenters. The lowest BCUT2D eigenvalue weighted by Crippen LogP contribution is -2.25. The number of aromatic hydroxyl groups is 2. The maximum Gasteiger partial charge on any atom is 0.391 e. The molecule has 0 aliphatic carbocycles. The van der Waals surface area contributed by atoms with Crippen molar-refractivity contribution in [2.45, 2.75) is 4.21 Å². The number of aromatic nitrogens is 1. The second-order valence-electron chi connectivity index (χ2n) is 5.98. The van der Waals surface area contributed by atoms with Crippen LogP contribution in [-0.4, -0.2) is 34.8 Å². The largest absolute Gasteiger partial charge is 0.504 e. The lowest BCUT2D eigenvalue weighted by Gasteiger charge is -2.14. The number of nitriles is 1. The highest BCUT2D eigenvalue weighted by atomic mass is 32.2. The number of nitrogens with zero attached hydrogens (tertiary/aromatic N) is 2. The van der Waals surface area contributed by atoms with Crippen LogP contribution in [0.1, 0.15) is 5.56 Å². The van der Waals surface area contributed by atoms with Gasteiger partial charge in [-0.05, 0) is 30.3 Å². The molecular weight excluding hydrogens is 472 g/mol. The number of hydrogen-bond acceptors (Lipinski definition) is 9. The number of thiazole rings is 1. The average molecular weight is 485 g/mol. The maximum atomic E-state index is 13.6. The number of halogens is 1. The summed E-state index contributed by atoms with van der Waals surface area (Å²) < 4.78 is 57.0. The third-order valence-corrected chi connectivity index (χ3v) is 7.91. The molecule has 10 nitrogen and oxygen atoms in total. The number of phenols is 2. The summed E-state index contributed by atoms with van der Waals surface area (Å²) in [5.74, 6) is -2.07. The van der Waals surface area contributed by atoms with E-state index < -0.39 is 35.5 Å². The van der Waals surface area contributed by atoms with Crippen LogP contribution in [0.3, 0.4) is 0 Å². The van der Waals surface area contributed by atoms with E-state index in [1.54, 1.807) is 6.07 Å².